The first-order chi connectivity index (χ1) is 12.1. The third kappa shape index (κ3) is 3.06. The van der Waals surface area contributed by atoms with Gasteiger partial charge in [-0.1, -0.05) is 23.2 Å². The predicted molar refractivity (Wildman–Crippen MR) is 99.7 cm³/mol. The lowest BCUT2D eigenvalue weighted by Crippen LogP contribution is -2.23. The SMILES string of the molecule is O=C1NCC/C(=N\Nc2ccc(Cl)cn2)c2c1[nH]c1ccc(Cl)cc21. The molecule has 0 spiro atoms. The molecule has 0 fully saturated rings. The Hall–Kier alpha value is -2.57. The third-order valence-electron chi connectivity index (χ3n) is 3.96. The van der Waals surface area contributed by atoms with Gasteiger partial charge in [0.2, 0.25) is 0 Å². The van der Waals surface area contributed by atoms with E-state index in [0.717, 1.165) is 22.2 Å². The van der Waals surface area contributed by atoms with Gasteiger partial charge in [-0.05, 0) is 30.3 Å². The number of aromatic nitrogens is 2. The van der Waals surface area contributed by atoms with Crippen LogP contribution < -0.4 is 10.7 Å². The van der Waals surface area contributed by atoms with E-state index in [4.69, 9.17) is 23.2 Å². The molecule has 4 rings (SSSR count). The Morgan fingerprint density at radius 1 is 1.16 bits per heavy atom. The van der Waals surface area contributed by atoms with Crippen molar-refractivity contribution in [1.29, 1.82) is 0 Å². The van der Waals surface area contributed by atoms with Crippen LogP contribution in [0, 0.1) is 0 Å². The largest absolute Gasteiger partial charge is 0.350 e. The maximum absolute atomic E-state index is 12.3. The molecule has 3 N–H and O–H groups in total. The average molecular weight is 374 g/mol. The summed E-state index contributed by atoms with van der Waals surface area (Å²) in [6.45, 7) is 0.498. The zero-order chi connectivity index (χ0) is 17.4. The van der Waals surface area contributed by atoms with Crippen molar-refractivity contribution in [2.75, 3.05) is 12.0 Å². The molecular weight excluding hydrogens is 361 g/mol. The normalized spacial score (nSPS) is 15.8. The predicted octanol–water partition coefficient (Wildman–Crippen LogP) is 3.82. The summed E-state index contributed by atoms with van der Waals surface area (Å²) in [6.07, 6.45) is 2.12. The molecule has 0 saturated carbocycles. The molecule has 2 aromatic heterocycles. The van der Waals surface area contributed by atoms with Gasteiger partial charge in [-0.3, -0.25) is 10.2 Å². The smallest absolute Gasteiger partial charge is 0.268 e. The Morgan fingerprint density at radius 3 is 2.80 bits per heavy atom. The van der Waals surface area contributed by atoms with E-state index in [1.807, 2.05) is 12.1 Å². The molecule has 1 aliphatic rings. The molecule has 3 heterocycles. The van der Waals surface area contributed by atoms with Crippen LogP contribution in [0.4, 0.5) is 5.82 Å². The molecule has 126 valence electrons. The highest BCUT2D eigenvalue weighted by Gasteiger charge is 2.25. The number of anilines is 1. The van der Waals surface area contributed by atoms with Crippen molar-refractivity contribution in [2.24, 2.45) is 5.10 Å². The van der Waals surface area contributed by atoms with Crippen LogP contribution in [0.3, 0.4) is 0 Å². The highest BCUT2D eigenvalue weighted by Crippen LogP contribution is 2.28. The summed E-state index contributed by atoms with van der Waals surface area (Å²) < 4.78 is 0. The van der Waals surface area contributed by atoms with Crippen LogP contribution in [0.1, 0.15) is 22.5 Å². The molecule has 1 amide bonds. The second-order valence-electron chi connectivity index (χ2n) is 5.60. The monoisotopic (exact) mass is 373 g/mol. The number of benzene rings is 1. The molecule has 0 saturated heterocycles. The van der Waals surface area contributed by atoms with Gasteiger partial charge in [0.25, 0.3) is 5.91 Å². The number of aromatic amines is 1. The van der Waals surface area contributed by atoms with Gasteiger partial charge in [0, 0.05) is 40.7 Å². The number of hydrogen-bond donors (Lipinski definition) is 3. The van der Waals surface area contributed by atoms with Gasteiger partial charge in [-0.25, -0.2) is 4.98 Å². The van der Waals surface area contributed by atoms with Gasteiger partial charge < -0.3 is 10.3 Å². The molecular formula is C17H13Cl2N5O. The Labute approximate surface area is 153 Å². The summed E-state index contributed by atoms with van der Waals surface area (Å²) in [6, 6.07) is 8.93. The van der Waals surface area contributed by atoms with Crippen molar-refractivity contribution in [3.63, 3.8) is 0 Å². The highest BCUT2D eigenvalue weighted by molar-refractivity contribution is 6.32. The minimum Gasteiger partial charge on any atom is -0.350 e. The van der Waals surface area contributed by atoms with Crippen LogP contribution in [-0.2, 0) is 0 Å². The summed E-state index contributed by atoms with van der Waals surface area (Å²) in [5, 5.41) is 9.36. The first kappa shape index (κ1) is 15.9. The number of fused-ring (bicyclic) bond motifs is 3. The number of amides is 1. The highest BCUT2D eigenvalue weighted by atomic mass is 35.5. The van der Waals surface area contributed by atoms with Crippen molar-refractivity contribution in [3.8, 4) is 0 Å². The van der Waals surface area contributed by atoms with Gasteiger partial charge in [0.05, 0.1) is 10.7 Å². The lowest BCUT2D eigenvalue weighted by atomic mass is 10.0. The van der Waals surface area contributed by atoms with Crippen LogP contribution in [0.25, 0.3) is 10.9 Å². The number of pyridine rings is 1. The summed E-state index contributed by atoms with van der Waals surface area (Å²) >= 11 is 12.0. The van der Waals surface area contributed by atoms with Crippen molar-refractivity contribution in [2.45, 2.75) is 6.42 Å². The van der Waals surface area contributed by atoms with Crippen LogP contribution in [0.15, 0.2) is 41.6 Å². The van der Waals surface area contributed by atoms with Crippen molar-refractivity contribution >= 4 is 51.5 Å². The zero-order valence-corrected chi connectivity index (χ0v) is 14.4. The fourth-order valence-electron chi connectivity index (χ4n) is 2.82. The summed E-state index contributed by atoms with van der Waals surface area (Å²) in [5.74, 6) is 0.414. The zero-order valence-electron chi connectivity index (χ0n) is 12.9. The fraction of sp³-hybridized carbons (Fsp3) is 0.118. The molecule has 1 aliphatic heterocycles. The van der Waals surface area contributed by atoms with Crippen LogP contribution >= 0.6 is 23.2 Å². The molecule has 3 aromatic rings. The van der Waals surface area contributed by atoms with E-state index in [1.165, 1.54) is 0 Å². The lowest BCUT2D eigenvalue weighted by Gasteiger charge is -2.05. The van der Waals surface area contributed by atoms with Crippen molar-refractivity contribution in [3.05, 3.63) is 57.8 Å². The number of H-pyrrole nitrogens is 1. The Balaban J connectivity index is 1.81. The summed E-state index contributed by atoms with van der Waals surface area (Å²) in [7, 11) is 0. The van der Waals surface area contributed by atoms with Gasteiger partial charge in [-0.2, -0.15) is 5.10 Å². The van der Waals surface area contributed by atoms with Crippen LogP contribution in [-0.4, -0.2) is 28.1 Å². The van der Waals surface area contributed by atoms with Crippen molar-refractivity contribution in [1.82, 2.24) is 15.3 Å². The number of hydrazone groups is 1. The number of nitrogens with one attached hydrogen (secondary N) is 3. The molecule has 0 atom stereocenters. The summed E-state index contributed by atoms with van der Waals surface area (Å²) in [4.78, 5) is 19.7. The number of carbonyl (C=O) groups is 1. The topological polar surface area (TPSA) is 82.2 Å². The second kappa shape index (κ2) is 6.38. The Kier molecular flexibility index (Phi) is 4.07. The first-order valence-electron chi connectivity index (χ1n) is 7.66. The van der Waals surface area contributed by atoms with Gasteiger partial charge in [0.1, 0.15) is 11.5 Å². The number of hydrogen-bond acceptors (Lipinski definition) is 4. The number of rotatable bonds is 2. The number of halogens is 2. The third-order valence-corrected chi connectivity index (χ3v) is 4.42. The van der Waals surface area contributed by atoms with E-state index in [2.05, 4.69) is 25.8 Å². The minimum atomic E-state index is -0.155. The molecule has 0 aliphatic carbocycles. The molecule has 0 bridgehead atoms. The van der Waals surface area contributed by atoms with Gasteiger partial charge in [-0.15, -0.1) is 0 Å². The minimum absolute atomic E-state index is 0.155. The quantitative estimate of drug-likeness (QED) is 0.597. The molecule has 1 aromatic carbocycles. The molecule has 6 nitrogen and oxygen atoms in total. The van der Waals surface area contributed by atoms with E-state index in [9.17, 15) is 4.79 Å². The van der Waals surface area contributed by atoms with E-state index in [-0.39, 0.29) is 5.91 Å². The van der Waals surface area contributed by atoms with E-state index >= 15 is 0 Å². The fourth-order valence-corrected chi connectivity index (χ4v) is 3.10. The summed E-state index contributed by atoms with van der Waals surface area (Å²) in [5.41, 5.74) is 5.76. The first-order valence-corrected chi connectivity index (χ1v) is 8.41. The Morgan fingerprint density at radius 2 is 2.00 bits per heavy atom. The standard InChI is InChI=1S/C17H13Cl2N5O/c18-9-1-3-12-11(7-9)15-13(5-6-20-17(25)16(15)22-12)23-24-14-4-2-10(19)8-21-14/h1-4,7-8,22H,5-6H2,(H,20,25)(H,21,24)/b23-13+. The second-order valence-corrected chi connectivity index (χ2v) is 6.48. The lowest BCUT2D eigenvalue weighted by molar-refractivity contribution is 0.0952. The van der Waals surface area contributed by atoms with Crippen LogP contribution in [0.2, 0.25) is 10.0 Å². The van der Waals surface area contributed by atoms with E-state index in [0.29, 0.717) is 34.5 Å². The Bertz CT molecular complexity index is 994. The van der Waals surface area contributed by atoms with Crippen LogP contribution in [0.5, 0.6) is 0 Å². The molecule has 0 radical (unpaired) electrons. The molecule has 8 heteroatoms. The number of carbonyl (C=O) groups excluding carboxylic acids is 1. The van der Waals surface area contributed by atoms with E-state index in [1.54, 1.807) is 24.4 Å². The average Bonchev–Trinajstić information content (AvgIpc) is 2.90. The molecule has 25 heavy (non-hydrogen) atoms. The number of nitrogens with zero attached hydrogens (tertiary/aromatic N) is 2. The van der Waals surface area contributed by atoms with Gasteiger partial charge >= 0.3 is 0 Å². The maximum atomic E-state index is 12.3. The van der Waals surface area contributed by atoms with Gasteiger partial charge in [0.15, 0.2) is 0 Å². The maximum Gasteiger partial charge on any atom is 0.268 e. The van der Waals surface area contributed by atoms with E-state index < -0.39 is 0 Å². The molecule has 0 unspecified atom stereocenters. The van der Waals surface area contributed by atoms with Crippen molar-refractivity contribution < 1.29 is 4.79 Å².